The predicted molar refractivity (Wildman–Crippen MR) is 95.6 cm³/mol. The van der Waals surface area contributed by atoms with E-state index in [2.05, 4.69) is 5.32 Å². The van der Waals surface area contributed by atoms with Gasteiger partial charge in [0.1, 0.15) is 11.8 Å². The Morgan fingerprint density at radius 2 is 1.73 bits per heavy atom. The zero-order valence-corrected chi connectivity index (χ0v) is 14.8. The van der Waals surface area contributed by atoms with Crippen LogP contribution in [0.3, 0.4) is 0 Å². The average Bonchev–Trinajstić information content (AvgIpc) is 2.68. The number of ether oxygens (including phenoxy) is 2. The number of esters is 1. The molecule has 1 amide bonds. The second-order valence-electron chi connectivity index (χ2n) is 5.64. The summed E-state index contributed by atoms with van der Waals surface area (Å²) in [6.45, 7) is 1.85. The van der Waals surface area contributed by atoms with E-state index >= 15 is 0 Å². The minimum absolute atomic E-state index is 0.178. The van der Waals surface area contributed by atoms with E-state index in [1.165, 1.54) is 19.2 Å². The lowest BCUT2D eigenvalue weighted by molar-refractivity contribution is -0.148. The number of nitrogens with one attached hydrogen (secondary N) is 1. The maximum absolute atomic E-state index is 14.5. The molecule has 2 atom stereocenters. The normalized spacial score (nSPS) is 12.7. The van der Waals surface area contributed by atoms with Crippen LogP contribution in [0.4, 0.5) is 4.39 Å². The Morgan fingerprint density at radius 1 is 1.08 bits per heavy atom. The number of carbonyl (C=O) groups excluding carboxylic acids is 2. The van der Waals surface area contributed by atoms with Crippen LogP contribution in [0.2, 0.25) is 0 Å². The van der Waals surface area contributed by atoms with Gasteiger partial charge in [0.2, 0.25) is 6.17 Å². The minimum Gasteiger partial charge on any atom is -0.497 e. The maximum Gasteiger partial charge on any atom is 0.328 e. The van der Waals surface area contributed by atoms with Gasteiger partial charge in [-0.15, -0.1) is 0 Å². The smallest absolute Gasteiger partial charge is 0.328 e. The molecule has 0 spiro atoms. The van der Waals surface area contributed by atoms with Gasteiger partial charge in [-0.3, -0.25) is 4.79 Å². The molecule has 0 saturated heterocycles. The van der Waals surface area contributed by atoms with E-state index < -0.39 is 24.1 Å². The Labute approximate surface area is 152 Å². The molecule has 0 aromatic heterocycles. The lowest BCUT2D eigenvalue weighted by Gasteiger charge is -2.19. The number of hydrogen-bond acceptors (Lipinski definition) is 4. The van der Waals surface area contributed by atoms with E-state index in [4.69, 9.17) is 9.47 Å². The summed E-state index contributed by atoms with van der Waals surface area (Å²) in [6.07, 6.45) is -1.67. The zero-order valence-electron chi connectivity index (χ0n) is 14.8. The van der Waals surface area contributed by atoms with Crippen molar-refractivity contribution in [2.45, 2.75) is 25.6 Å². The first-order chi connectivity index (χ1) is 12.5. The Morgan fingerprint density at radius 3 is 2.31 bits per heavy atom. The molecule has 0 radical (unpaired) electrons. The largest absolute Gasteiger partial charge is 0.497 e. The second-order valence-corrected chi connectivity index (χ2v) is 5.64. The molecule has 1 N–H and O–H groups in total. The topological polar surface area (TPSA) is 64.6 Å². The van der Waals surface area contributed by atoms with Gasteiger partial charge in [-0.2, -0.15) is 0 Å². The third-order valence-corrected chi connectivity index (χ3v) is 3.81. The predicted octanol–water partition coefficient (Wildman–Crippen LogP) is 3.00. The maximum atomic E-state index is 14.5. The van der Waals surface area contributed by atoms with Gasteiger partial charge in [-0.1, -0.05) is 42.5 Å². The summed E-state index contributed by atoms with van der Waals surface area (Å²) < 4.78 is 24.5. The van der Waals surface area contributed by atoms with Crippen molar-refractivity contribution in [2.24, 2.45) is 0 Å². The highest BCUT2D eigenvalue weighted by Gasteiger charge is 2.27. The van der Waals surface area contributed by atoms with Gasteiger partial charge in [0.15, 0.2) is 0 Å². The summed E-state index contributed by atoms with van der Waals surface area (Å²) >= 11 is 0. The van der Waals surface area contributed by atoms with Crippen LogP contribution in [-0.2, 0) is 20.7 Å². The van der Waals surface area contributed by atoms with Crippen molar-refractivity contribution in [3.63, 3.8) is 0 Å². The van der Waals surface area contributed by atoms with Crippen LogP contribution in [0.15, 0.2) is 54.6 Å². The zero-order chi connectivity index (χ0) is 18.9. The van der Waals surface area contributed by atoms with Gasteiger partial charge < -0.3 is 14.8 Å². The van der Waals surface area contributed by atoms with Gasteiger partial charge in [0.05, 0.1) is 13.7 Å². The van der Waals surface area contributed by atoms with Crippen LogP contribution in [-0.4, -0.2) is 31.6 Å². The first kappa shape index (κ1) is 19.4. The van der Waals surface area contributed by atoms with E-state index in [-0.39, 0.29) is 18.6 Å². The van der Waals surface area contributed by atoms with Crippen molar-refractivity contribution in [1.29, 1.82) is 0 Å². The van der Waals surface area contributed by atoms with Crippen LogP contribution in [0.1, 0.15) is 24.2 Å². The lowest BCUT2D eigenvalue weighted by Crippen LogP contribution is -2.44. The fourth-order valence-electron chi connectivity index (χ4n) is 2.46. The minimum atomic E-state index is -1.89. The SMILES string of the molecule is CCOC(=O)[C@H](Cc1ccccc1)NC(=O)[C@H](F)c1ccc(OC)cc1. The highest BCUT2D eigenvalue weighted by molar-refractivity contribution is 5.87. The van der Waals surface area contributed by atoms with Gasteiger partial charge in [0.25, 0.3) is 5.91 Å². The standard InChI is InChI=1S/C20H22FNO4/c1-3-26-20(24)17(13-14-7-5-4-6-8-14)22-19(23)18(21)15-9-11-16(25-2)12-10-15/h4-12,17-18H,3,13H2,1-2H3,(H,22,23)/t17-,18+/m0/s1. The van der Waals surface area contributed by atoms with E-state index in [1.54, 1.807) is 19.1 Å². The summed E-state index contributed by atoms with van der Waals surface area (Å²) in [6, 6.07) is 14.3. The van der Waals surface area contributed by atoms with Crippen molar-refractivity contribution in [1.82, 2.24) is 5.32 Å². The van der Waals surface area contributed by atoms with E-state index in [1.807, 2.05) is 30.3 Å². The summed E-state index contributed by atoms with van der Waals surface area (Å²) in [4.78, 5) is 24.4. The number of rotatable bonds is 8. The molecular weight excluding hydrogens is 337 g/mol. The quantitative estimate of drug-likeness (QED) is 0.736. The van der Waals surface area contributed by atoms with Crippen molar-refractivity contribution < 1.29 is 23.5 Å². The summed E-state index contributed by atoms with van der Waals surface area (Å²) in [5, 5.41) is 2.46. The first-order valence-electron chi connectivity index (χ1n) is 8.34. The number of alkyl halides is 1. The Kier molecular flexibility index (Phi) is 7.14. The molecule has 2 aromatic carbocycles. The molecule has 2 rings (SSSR count). The van der Waals surface area contributed by atoms with Gasteiger partial charge >= 0.3 is 5.97 Å². The highest BCUT2D eigenvalue weighted by atomic mass is 19.1. The van der Waals surface area contributed by atoms with E-state index in [9.17, 15) is 14.0 Å². The molecule has 26 heavy (non-hydrogen) atoms. The molecule has 0 saturated carbocycles. The molecule has 0 aliphatic heterocycles. The fourth-order valence-corrected chi connectivity index (χ4v) is 2.46. The lowest BCUT2D eigenvalue weighted by atomic mass is 10.0. The molecule has 0 heterocycles. The molecule has 6 heteroatoms. The van der Waals surface area contributed by atoms with E-state index in [0.717, 1.165) is 5.56 Å². The van der Waals surface area contributed by atoms with Crippen molar-refractivity contribution in [2.75, 3.05) is 13.7 Å². The van der Waals surface area contributed by atoms with Crippen LogP contribution in [0.5, 0.6) is 5.75 Å². The number of halogens is 1. The van der Waals surface area contributed by atoms with E-state index in [0.29, 0.717) is 5.75 Å². The van der Waals surface area contributed by atoms with Gasteiger partial charge in [-0.25, -0.2) is 9.18 Å². The highest BCUT2D eigenvalue weighted by Crippen LogP contribution is 2.21. The molecule has 0 aliphatic rings. The van der Waals surface area contributed by atoms with Crippen LogP contribution < -0.4 is 10.1 Å². The first-order valence-corrected chi connectivity index (χ1v) is 8.34. The molecule has 0 fully saturated rings. The van der Waals surface area contributed by atoms with Gasteiger partial charge in [0, 0.05) is 6.42 Å². The summed E-state index contributed by atoms with van der Waals surface area (Å²) in [5.41, 5.74) is 1.02. The summed E-state index contributed by atoms with van der Waals surface area (Å²) in [5.74, 6) is -0.911. The van der Waals surface area contributed by atoms with Gasteiger partial charge in [-0.05, 0) is 30.2 Å². The van der Waals surface area contributed by atoms with Crippen molar-refractivity contribution in [3.05, 3.63) is 65.7 Å². The monoisotopic (exact) mass is 359 g/mol. The Bertz CT molecular complexity index is 718. The molecule has 2 aromatic rings. The molecule has 5 nitrogen and oxygen atoms in total. The molecule has 0 bridgehead atoms. The van der Waals surface area contributed by atoms with Crippen molar-refractivity contribution >= 4 is 11.9 Å². The fraction of sp³-hybridized carbons (Fsp3) is 0.300. The molecular formula is C20H22FNO4. The number of hydrogen-bond donors (Lipinski definition) is 1. The van der Waals surface area contributed by atoms with Crippen molar-refractivity contribution in [3.8, 4) is 5.75 Å². The third kappa shape index (κ3) is 5.31. The number of carbonyl (C=O) groups is 2. The Balaban J connectivity index is 2.09. The molecule has 0 unspecified atom stereocenters. The average molecular weight is 359 g/mol. The van der Waals surface area contributed by atoms with Crippen LogP contribution in [0.25, 0.3) is 0 Å². The molecule has 0 aliphatic carbocycles. The summed E-state index contributed by atoms with van der Waals surface area (Å²) in [7, 11) is 1.50. The Hall–Kier alpha value is -2.89. The molecule has 138 valence electrons. The second kappa shape index (κ2) is 9.56. The van der Waals surface area contributed by atoms with Crippen LogP contribution >= 0.6 is 0 Å². The number of benzene rings is 2. The number of methoxy groups -OCH3 is 1. The number of amides is 1. The third-order valence-electron chi connectivity index (χ3n) is 3.81. The van der Waals surface area contributed by atoms with Crippen LogP contribution in [0, 0.1) is 0 Å².